The molecule has 0 saturated heterocycles. The number of unbranched alkanes of at least 4 members (excludes halogenated alkanes) is 4. The van der Waals surface area contributed by atoms with Crippen molar-refractivity contribution < 1.29 is 0 Å². The van der Waals surface area contributed by atoms with Crippen LogP contribution in [-0.2, 0) is 0 Å². The van der Waals surface area contributed by atoms with E-state index in [1.807, 2.05) is 0 Å². The van der Waals surface area contributed by atoms with E-state index in [-0.39, 0.29) is 5.54 Å². The summed E-state index contributed by atoms with van der Waals surface area (Å²) in [7, 11) is 0. The highest BCUT2D eigenvalue weighted by atomic mass is 14.9. The van der Waals surface area contributed by atoms with Crippen LogP contribution < -0.4 is 5.32 Å². The fourth-order valence-corrected chi connectivity index (χ4v) is 2.73. The summed E-state index contributed by atoms with van der Waals surface area (Å²) in [5, 5.41) is 3.69. The Labute approximate surface area is 132 Å². The summed E-state index contributed by atoms with van der Waals surface area (Å²) in [6.45, 7) is 12.3. The van der Waals surface area contributed by atoms with Crippen LogP contribution in [0.1, 0.15) is 83.3 Å². The van der Waals surface area contributed by atoms with Gasteiger partial charge >= 0.3 is 0 Å². The Kier molecular flexibility index (Phi) is 8.03. The van der Waals surface area contributed by atoms with Crippen molar-refractivity contribution in [1.82, 2.24) is 5.32 Å². The van der Waals surface area contributed by atoms with Crippen LogP contribution in [-0.4, -0.2) is 12.1 Å². The number of hydrogen-bond acceptors (Lipinski definition) is 1. The molecule has 0 fully saturated rings. The lowest BCUT2D eigenvalue weighted by molar-refractivity contribution is 0.393. The van der Waals surface area contributed by atoms with Crippen LogP contribution >= 0.6 is 0 Å². The van der Waals surface area contributed by atoms with Crippen LogP contribution in [0.15, 0.2) is 24.3 Å². The van der Waals surface area contributed by atoms with Crippen molar-refractivity contribution in [3.63, 3.8) is 0 Å². The van der Waals surface area contributed by atoms with Gasteiger partial charge in [0.05, 0.1) is 0 Å². The zero-order valence-corrected chi connectivity index (χ0v) is 14.8. The van der Waals surface area contributed by atoms with Gasteiger partial charge in [-0.25, -0.2) is 0 Å². The van der Waals surface area contributed by atoms with Gasteiger partial charge in [-0.05, 0) is 45.6 Å². The van der Waals surface area contributed by atoms with Crippen LogP contribution in [0, 0.1) is 6.92 Å². The number of aryl methyl sites for hydroxylation is 1. The summed E-state index contributed by atoms with van der Waals surface area (Å²) < 4.78 is 0. The van der Waals surface area contributed by atoms with E-state index in [4.69, 9.17) is 0 Å². The van der Waals surface area contributed by atoms with E-state index in [1.165, 1.54) is 49.7 Å². The van der Waals surface area contributed by atoms with E-state index in [2.05, 4.69) is 64.2 Å². The Morgan fingerprint density at radius 1 is 1.05 bits per heavy atom. The molecule has 1 aromatic carbocycles. The first-order valence-corrected chi connectivity index (χ1v) is 8.74. The maximum atomic E-state index is 3.69. The lowest BCUT2D eigenvalue weighted by Crippen LogP contribution is -2.38. The Bertz CT molecular complexity index is 389. The summed E-state index contributed by atoms with van der Waals surface area (Å²) in [5.74, 6) is 0.644. The Morgan fingerprint density at radius 2 is 1.76 bits per heavy atom. The Hall–Kier alpha value is -0.820. The first kappa shape index (κ1) is 18.2. The quantitative estimate of drug-likeness (QED) is 0.564. The summed E-state index contributed by atoms with van der Waals surface area (Å²) in [6, 6.07) is 9.06. The molecule has 1 aromatic rings. The highest BCUT2D eigenvalue weighted by Gasteiger charge is 2.15. The molecule has 1 N–H and O–H groups in total. The zero-order chi connectivity index (χ0) is 15.7. The van der Waals surface area contributed by atoms with Crippen molar-refractivity contribution in [2.45, 2.75) is 84.6 Å². The molecular weight excluding hydrogens is 254 g/mol. The molecule has 1 heteroatoms. The van der Waals surface area contributed by atoms with Gasteiger partial charge in [0.25, 0.3) is 0 Å². The molecule has 0 bridgehead atoms. The van der Waals surface area contributed by atoms with Gasteiger partial charge in [-0.15, -0.1) is 0 Å². The minimum Gasteiger partial charge on any atom is -0.311 e. The van der Waals surface area contributed by atoms with Gasteiger partial charge in [-0.3, -0.25) is 0 Å². The third-order valence-electron chi connectivity index (χ3n) is 4.05. The molecule has 0 aromatic heterocycles. The fraction of sp³-hybridized carbons (Fsp3) is 0.700. The van der Waals surface area contributed by atoms with Gasteiger partial charge in [0.15, 0.2) is 0 Å². The summed E-state index contributed by atoms with van der Waals surface area (Å²) in [6.07, 6.45) is 8.14. The highest BCUT2D eigenvalue weighted by Crippen LogP contribution is 2.24. The molecule has 0 radical (unpaired) electrons. The average Bonchev–Trinajstić information content (AvgIpc) is 2.40. The molecule has 1 unspecified atom stereocenters. The van der Waals surface area contributed by atoms with Gasteiger partial charge in [0.2, 0.25) is 0 Å². The van der Waals surface area contributed by atoms with E-state index in [0.29, 0.717) is 5.92 Å². The minimum atomic E-state index is 0.199. The van der Waals surface area contributed by atoms with Crippen LogP contribution in [0.25, 0.3) is 0 Å². The van der Waals surface area contributed by atoms with Gasteiger partial charge < -0.3 is 5.32 Å². The summed E-state index contributed by atoms with van der Waals surface area (Å²) >= 11 is 0. The summed E-state index contributed by atoms with van der Waals surface area (Å²) in [5.41, 5.74) is 3.08. The Morgan fingerprint density at radius 3 is 2.38 bits per heavy atom. The van der Waals surface area contributed by atoms with Gasteiger partial charge in [0.1, 0.15) is 0 Å². The van der Waals surface area contributed by atoms with E-state index in [0.717, 1.165) is 6.54 Å². The second kappa shape index (κ2) is 9.25. The first-order valence-electron chi connectivity index (χ1n) is 8.74. The standard InChI is InChI=1S/C20H35N/c1-6-7-8-9-10-13-19(16-21-20(3,4)5)18-14-11-12-17(2)15-18/h11-12,14-15,19,21H,6-10,13,16H2,1-5H3. The monoisotopic (exact) mass is 289 g/mol. The molecule has 0 aliphatic carbocycles. The number of hydrogen-bond donors (Lipinski definition) is 1. The second-order valence-electron chi connectivity index (χ2n) is 7.44. The van der Waals surface area contributed by atoms with Crippen LogP contribution in [0.3, 0.4) is 0 Å². The lowest BCUT2D eigenvalue weighted by Gasteiger charge is -2.26. The van der Waals surface area contributed by atoms with E-state index in [1.54, 1.807) is 0 Å². The van der Waals surface area contributed by atoms with E-state index in [9.17, 15) is 0 Å². The summed E-state index contributed by atoms with van der Waals surface area (Å²) in [4.78, 5) is 0. The first-order chi connectivity index (χ1) is 9.92. The smallest absolute Gasteiger partial charge is 0.00967 e. The van der Waals surface area contributed by atoms with Crippen molar-refractivity contribution in [1.29, 1.82) is 0 Å². The molecule has 1 nitrogen and oxygen atoms in total. The van der Waals surface area contributed by atoms with Gasteiger partial charge in [0, 0.05) is 12.1 Å². The SMILES string of the molecule is CCCCCCCC(CNC(C)(C)C)c1cccc(C)c1. The van der Waals surface area contributed by atoms with E-state index >= 15 is 0 Å². The third kappa shape index (κ3) is 8.26. The maximum Gasteiger partial charge on any atom is 0.00967 e. The molecule has 1 atom stereocenters. The van der Waals surface area contributed by atoms with Crippen molar-refractivity contribution in [2.75, 3.05) is 6.54 Å². The molecule has 120 valence electrons. The van der Waals surface area contributed by atoms with Crippen LogP contribution in [0.4, 0.5) is 0 Å². The highest BCUT2D eigenvalue weighted by molar-refractivity contribution is 5.25. The normalized spacial score (nSPS) is 13.4. The van der Waals surface area contributed by atoms with Crippen molar-refractivity contribution in [2.24, 2.45) is 0 Å². The predicted octanol–water partition coefficient (Wildman–Crippen LogP) is 5.83. The third-order valence-corrected chi connectivity index (χ3v) is 4.05. The van der Waals surface area contributed by atoms with Crippen molar-refractivity contribution in [3.8, 4) is 0 Å². The van der Waals surface area contributed by atoms with Crippen LogP contribution in [0.5, 0.6) is 0 Å². The van der Waals surface area contributed by atoms with Gasteiger partial charge in [-0.2, -0.15) is 0 Å². The molecule has 1 rings (SSSR count). The lowest BCUT2D eigenvalue weighted by atomic mass is 9.91. The van der Waals surface area contributed by atoms with Gasteiger partial charge in [-0.1, -0.05) is 68.9 Å². The van der Waals surface area contributed by atoms with Crippen molar-refractivity contribution in [3.05, 3.63) is 35.4 Å². The van der Waals surface area contributed by atoms with Crippen LogP contribution in [0.2, 0.25) is 0 Å². The minimum absolute atomic E-state index is 0.199. The zero-order valence-electron chi connectivity index (χ0n) is 14.8. The Balaban J connectivity index is 2.57. The molecule has 0 heterocycles. The predicted molar refractivity (Wildman–Crippen MR) is 95.1 cm³/mol. The topological polar surface area (TPSA) is 12.0 Å². The molecular formula is C20H35N. The molecule has 0 amide bonds. The van der Waals surface area contributed by atoms with Crippen molar-refractivity contribution >= 4 is 0 Å². The molecule has 0 spiro atoms. The second-order valence-corrected chi connectivity index (χ2v) is 7.44. The largest absolute Gasteiger partial charge is 0.311 e. The van der Waals surface area contributed by atoms with E-state index < -0.39 is 0 Å². The fourth-order valence-electron chi connectivity index (χ4n) is 2.73. The maximum absolute atomic E-state index is 3.69. The molecule has 0 aliphatic heterocycles. The molecule has 21 heavy (non-hydrogen) atoms. The number of nitrogens with one attached hydrogen (secondary N) is 1. The number of benzene rings is 1. The molecule has 0 aliphatic rings. The number of rotatable bonds is 9. The molecule has 0 saturated carbocycles. The average molecular weight is 290 g/mol.